The van der Waals surface area contributed by atoms with E-state index >= 15 is 0 Å². The molecule has 2 rings (SSSR count). The topological polar surface area (TPSA) is 26.7 Å². The van der Waals surface area contributed by atoms with Crippen molar-refractivity contribution in [2.75, 3.05) is 26.7 Å². The van der Waals surface area contributed by atoms with E-state index in [1.54, 1.807) is 6.07 Å². The number of phenolic OH excluding ortho intramolecular Hbond substituents is 1. The summed E-state index contributed by atoms with van der Waals surface area (Å²) in [5.41, 5.74) is 0.799. The van der Waals surface area contributed by atoms with Crippen molar-refractivity contribution >= 4 is 0 Å². The van der Waals surface area contributed by atoms with Crippen LogP contribution in [0.1, 0.15) is 25.5 Å². The third kappa shape index (κ3) is 2.65. The van der Waals surface area contributed by atoms with Crippen LogP contribution < -0.4 is 0 Å². The average Bonchev–Trinajstić information content (AvgIpc) is 2.32. The molecule has 2 atom stereocenters. The zero-order chi connectivity index (χ0) is 13.3. The number of rotatable bonds is 2. The minimum atomic E-state index is -0.393. The van der Waals surface area contributed by atoms with Gasteiger partial charge >= 0.3 is 0 Å². The summed E-state index contributed by atoms with van der Waals surface area (Å²) >= 11 is 0. The Bertz CT molecular complexity index is 424. The molecule has 3 nitrogen and oxygen atoms in total. The Morgan fingerprint density at radius 3 is 2.72 bits per heavy atom. The average molecular weight is 252 g/mol. The minimum absolute atomic E-state index is 0.0501. The fourth-order valence-corrected chi connectivity index (χ4v) is 2.50. The smallest absolute Gasteiger partial charge is 0.126 e. The summed E-state index contributed by atoms with van der Waals surface area (Å²) in [5.74, 6) is -0.343. The maximum atomic E-state index is 13.0. The predicted octanol–water partition coefficient (Wildman–Crippen LogP) is 2.23. The lowest BCUT2D eigenvalue weighted by molar-refractivity contribution is 0.0766. The van der Waals surface area contributed by atoms with Crippen LogP contribution in [0.4, 0.5) is 4.39 Å². The molecule has 100 valence electrons. The first-order valence-electron chi connectivity index (χ1n) is 6.41. The van der Waals surface area contributed by atoms with Crippen molar-refractivity contribution in [3.63, 3.8) is 0 Å². The summed E-state index contributed by atoms with van der Waals surface area (Å²) in [5, 5.41) is 9.83. The number of hydrogen-bond donors (Lipinski definition) is 1. The van der Waals surface area contributed by atoms with Crippen LogP contribution in [-0.2, 0) is 0 Å². The lowest BCUT2D eigenvalue weighted by atomic mass is 10.0. The molecule has 1 heterocycles. The number of phenols is 1. The number of likely N-dealkylation sites (N-methyl/N-ethyl adjacent to an activating group) is 1. The first kappa shape index (κ1) is 13.3. The van der Waals surface area contributed by atoms with E-state index in [4.69, 9.17) is 0 Å². The Morgan fingerprint density at radius 1 is 1.39 bits per heavy atom. The lowest BCUT2D eigenvalue weighted by Gasteiger charge is -2.41. The van der Waals surface area contributed by atoms with Crippen molar-refractivity contribution in [2.45, 2.75) is 25.9 Å². The van der Waals surface area contributed by atoms with Gasteiger partial charge in [-0.05, 0) is 27.0 Å². The molecule has 0 aromatic heterocycles. The van der Waals surface area contributed by atoms with Gasteiger partial charge in [0.15, 0.2) is 0 Å². The normalized spacial score (nSPS) is 24.1. The van der Waals surface area contributed by atoms with E-state index in [2.05, 4.69) is 30.7 Å². The Kier molecular flexibility index (Phi) is 3.88. The van der Waals surface area contributed by atoms with Gasteiger partial charge in [-0.2, -0.15) is 0 Å². The Balaban J connectivity index is 2.13. The van der Waals surface area contributed by atoms with Gasteiger partial charge in [0.25, 0.3) is 0 Å². The predicted molar refractivity (Wildman–Crippen MR) is 70.1 cm³/mol. The molecule has 1 aliphatic rings. The molecule has 2 unspecified atom stereocenters. The summed E-state index contributed by atoms with van der Waals surface area (Å²) in [6.45, 7) is 7.22. The number of piperazine rings is 1. The van der Waals surface area contributed by atoms with Crippen molar-refractivity contribution in [2.24, 2.45) is 0 Å². The zero-order valence-corrected chi connectivity index (χ0v) is 11.2. The standard InChI is InChI=1S/C14H21FN2O/c1-10-9-17(7-6-16(10)3)11(2)13-5-4-12(15)8-14(13)18/h4-5,8,10-11,18H,6-7,9H2,1-3H3. The third-order valence-electron chi connectivity index (χ3n) is 3.98. The number of nitrogens with zero attached hydrogens (tertiary/aromatic N) is 2. The van der Waals surface area contributed by atoms with E-state index in [-0.39, 0.29) is 11.8 Å². The highest BCUT2D eigenvalue weighted by atomic mass is 19.1. The molecule has 4 heteroatoms. The molecule has 0 saturated carbocycles. The second-order valence-electron chi connectivity index (χ2n) is 5.20. The summed E-state index contributed by atoms with van der Waals surface area (Å²) in [7, 11) is 2.13. The highest BCUT2D eigenvalue weighted by molar-refractivity contribution is 5.35. The highest BCUT2D eigenvalue weighted by Crippen LogP contribution is 2.30. The van der Waals surface area contributed by atoms with Crippen LogP contribution in [0.3, 0.4) is 0 Å². The summed E-state index contributed by atoms with van der Waals surface area (Å²) in [6, 6.07) is 4.89. The van der Waals surface area contributed by atoms with Crippen molar-refractivity contribution in [1.82, 2.24) is 9.80 Å². The second-order valence-corrected chi connectivity index (χ2v) is 5.20. The largest absolute Gasteiger partial charge is 0.508 e. The molecule has 0 amide bonds. The van der Waals surface area contributed by atoms with Gasteiger partial charge in [0.2, 0.25) is 0 Å². The molecule has 1 N–H and O–H groups in total. The summed E-state index contributed by atoms with van der Waals surface area (Å²) in [4.78, 5) is 4.66. The molecule has 0 spiro atoms. The van der Waals surface area contributed by atoms with Gasteiger partial charge in [0, 0.05) is 43.3 Å². The van der Waals surface area contributed by atoms with Gasteiger partial charge in [-0.1, -0.05) is 6.07 Å². The monoisotopic (exact) mass is 252 g/mol. The Labute approximate surface area is 108 Å². The first-order chi connectivity index (χ1) is 8.49. The van der Waals surface area contributed by atoms with Gasteiger partial charge in [0.1, 0.15) is 11.6 Å². The molecule has 1 saturated heterocycles. The van der Waals surface area contributed by atoms with Crippen LogP contribution in [0.15, 0.2) is 18.2 Å². The Hall–Kier alpha value is -1.13. The quantitative estimate of drug-likeness (QED) is 0.874. The van der Waals surface area contributed by atoms with Gasteiger partial charge < -0.3 is 10.0 Å². The summed E-state index contributed by atoms with van der Waals surface area (Å²) < 4.78 is 13.0. The van der Waals surface area contributed by atoms with E-state index in [0.29, 0.717) is 6.04 Å². The van der Waals surface area contributed by atoms with E-state index in [1.807, 2.05) is 0 Å². The van der Waals surface area contributed by atoms with Crippen LogP contribution >= 0.6 is 0 Å². The number of benzene rings is 1. The zero-order valence-electron chi connectivity index (χ0n) is 11.2. The fourth-order valence-electron chi connectivity index (χ4n) is 2.50. The van der Waals surface area contributed by atoms with Crippen molar-refractivity contribution in [1.29, 1.82) is 0 Å². The van der Waals surface area contributed by atoms with Crippen molar-refractivity contribution in [3.8, 4) is 5.75 Å². The summed E-state index contributed by atoms with van der Waals surface area (Å²) in [6.07, 6.45) is 0. The molecule has 1 fully saturated rings. The van der Waals surface area contributed by atoms with Gasteiger partial charge in [0.05, 0.1) is 0 Å². The molecule has 1 aliphatic heterocycles. The molecular weight excluding hydrogens is 231 g/mol. The van der Waals surface area contributed by atoms with Crippen molar-refractivity contribution in [3.05, 3.63) is 29.6 Å². The van der Waals surface area contributed by atoms with E-state index < -0.39 is 5.82 Å². The lowest BCUT2D eigenvalue weighted by Crippen LogP contribution is -2.50. The molecule has 18 heavy (non-hydrogen) atoms. The molecule has 0 aliphatic carbocycles. The van der Waals surface area contributed by atoms with Crippen LogP contribution in [0, 0.1) is 5.82 Å². The van der Waals surface area contributed by atoms with Crippen LogP contribution in [0.25, 0.3) is 0 Å². The first-order valence-corrected chi connectivity index (χ1v) is 6.41. The number of aromatic hydroxyl groups is 1. The second kappa shape index (κ2) is 5.24. The van der Waals surface area contributed by atoms with Crippen molar-refractivity contribution < 1.29 is 9.50 Å². The molecular formula is C14H21FN2O. The maximum Gasteiger partial charge on any atom is 0.126 e. The third-order valence-corrected chi connectivity index (χ3v) is 3.98. The van der Waals surface area contributed by atoms with Crippen LogP contribution in [0.5, 0.6) is 5.75 Å². The van der Waals surface area contributed by atoms with Gasteiger partial charge in [-0.25, -0.2) is 4.39 Å². The highest BCUT2D eigenvalue weighted by Gasteiger charge is 2.26. The molecule has 1 aromatic carbocycles. The van der Waals surface area contributed by atoms with E-state index in [1.165, 1.54) is 12.1 Å². The number of halogens is 1. The fraction of sp³-hybridized carbons (Fsp3) is 0.571. The van der Waals surface area contributed by atoms with E-state index in [9.17, 15) is 9.50 Å². The Morgan fingerprint density at radius 2 is 2.11 bits per heavy atom. The maximum absolute atomic E-state index is 13.0. The molecule has 0 bridgehead atoms. The van der Waals surface area contributed by atoms with Crippen LogP contribution in [0.2, 0.25) is 0 Å². The number of hydrogen-bond acceptors (Lipinski definition) is 3. The minimum Gasteiger partial charge on any atom is -0.508 e. The molecule has 0 radical (unpaired) electrons. The SMILES string of the molecule is CC1CN(C(C)c2ccc(F)cc2O)CCN1C. The van der Waals surface area contributed by atoms with Crippen LogP contribution in [-0.4, -0.2) is 47.6 Å². The van der Waals surface area contributed by atoms with Gasteiger partial charge in [-0.15, -0.1) is 0 Å². The van der Waals surface area contributed by atoms with Gasteiger partial charge in [-0.3, -0.25) is 4.90 Å². The van der Waals surface area contributed by atoms with E-state index in [0.717, 1.165) is 25.2 Å². The molecule has 1 aromatic rings.